The van der Waals surface area contributed by atoms with Gasteiger partial charge in [-0.05, 0) is 12.1 Å². The van der Waals surface area contributed by atoms with Gasteiger partial charge < -0.3 is 9.67 Å². The van der Waals surface area contributed by atoms with E-state index in [1.54, 1.807) is 0 Å². The smallest absolute Gasteiger partial charge is 0.850 e. The predicted octanol–water partition coefficient (Wildman–Crippen LogP) is -3.11. The van der Waals surface area contributed by atoms with Crippen LogP contribution in [0.5, 0.6) is 0 Å². The van der Waals surface area contributed by atoms with Crippen LogP contribution in [0.4, 0.5) is 0 Å². The zero-order chi connectivity index (χ0) is 5.98. The van der Waals surface area contributed by atoms with Gasteiger partial charge in [0.15, 0.2) is 0 Å². The van der Waals surface area contributed by atoms with Crippen LogP contribution in [0.2, 0.25) is 0 Å². The topological polar surface area (TPSA) is 28.0 Å². The molecule has 44 valence electrons. The summed E-state index contributed by atoms with van der Waals surface area (Å²) in [5.74, 6) is 0. The average molecular weight is 133 g/mol. The van der Waals surface area contributed by atoms with Gasteiger partial charge in [-0.1, -0.05) is 6.61 Å². The van der Waals surface area contributed by atoms with E-state index in [4.69, 9.17) is 0 Å². The number of rotatable bonds is 1. The molecule has 0 aliphatic heterocycles. The Morgan fingerprint density at radius 2 is 2.33 bits per heavy atom. The molecule has 0 aliphatic carbocycles. The Bertz CT molecular complexity index is 173. The Labute approximate surface area is 76.8 Å². The molecule has 1 rings (SSSR count). The first-order valence-corrected chi connectivity index (χ1v) is 2.53. The van der Waals surface area contributed by atoms with Gasteiger partial charge >= 0.3 is 29.6 Å². The first-order valence-electron chi connectivity index (χ1n) is 2.53. The van der Waals surface area contributed by atoms with Crippen molar-refractivity contribution in [2.45, 2.75) is 6.61 Å². The number of hydrogen-bond donors (Lipinski definition) is 0. The summed E-state index contributed by atoms with van der Waals surface area (Å²) in [7, 11) is 1.87. The molecule has 1 aromatic heterocycles. The fourth-order valence-corrected chi connectivity index (χ4v) is 0.646. The molecule has 0 atom stereocenters. The molecule has 0 saturated heterocycles. The zero-order valence-corrected chi connectivity index (χ0v) is 7.79. The van der Waals surface area contributed by atoms with Crippen LogP contribution in [0.3, 0.4) is 0 Å². The van der Waals surface area contributed by atoms with E-state index < -0.39 is 0 Å². The number of aromatic nitrogens is 1. The van der Waals surface area contributed by atoms with Gasteiger partial charge in [0.1, 0.15) is 0 Å². The van der Waals surface area contributed by atoms with Crippen LogP contribution in [-0.4, -0.2) is 4.57 Å². The Kier molecular flexibility index (Phi) is 4.23. The van der Waals surface area contributed by atoms with Gasteiger partial charge in [0.25, 0.3) is 0 Å². The molecule has 1 heterocycles. The minimum absolute atomic E-state index is 0. The van der Waals surface area contributed by atoms with E-state index >= 15 is 0 Å². The van der Waals surface area contributed by atoms with E-state index in [1.807, 2.05) is 29.9 Å². The zero-order valence-electron chi connectivity index (χ0n) is 5.79. The third kappa shape index (κ3) is 2.14. The maximum absolute atomic E-state index is 10.2. The van der Waals surface area contributed by atoms with E-state index in [0.717, 1.165) is 5.69 Å². The normalized spacial score (nSPS) is 8.67. The molecule has 0 radical (unpaired) electrons. The van der Waals surface area contributed by atoms with Crippen LogP contribution in [-0.2, 0) is 13.7 Å². The molecule has 0 amide bonds. The van der Waals surface area contributed by atoms with Crippen LogP contribution in [0.1, 0.15) is 5.69 Å². The van der Waals surface area contributed by atoms with E-state index in [2.05, 4.69) is 0 Å². The third-order valence-electron chi connectivity index (χ3n) is 1.20. The summed E-state index contributed by atoms with van der Waals surface area (Å²) in [4.78, 5) is 0. The SMILES string of the molecule is Cn1cccc1C[O-].[Na+]. The molecule has 0 aromatic carbocycles. The second-order valence-electron chi connectivity index (χ2n) is 1.75. The third-order valence-corrected chi connectivity index (χ3v) is 1.20. The molecule has 9 heavy (non-hydrogen) atoms. The van der Waals surface area contributed by atoms with Crippen LogP contribution in [0, 0.1) is 0 Å². The van der Waals surface area contributed by atoms with Crippen molar-refractivity contribution in [3.05, 3.63) is 24.0 Å². The van der Waals surface area contributed by atoms with E-state index in [-0.39, 0.29) is 36.2 Å². The number of nitrogens with zero attached hydrogens (tertiary/aromatic N) is 1. The van der Waals surface area contributed by atoms with Crippen molar-refractivity contribution in [1.82, 2.24) is 4.57 Å². The molecule has 0 unspecified atom stereocenters. The van der Waals surface area contributed by atoms with E-state index in [9.17, 15) is 5.11 Å². The second kappa shape index (κ2) is 4.12. The largest absolute Gasteiger partial charge is 1.00 e. The molecular formula is C6H8NNaO. The van der Waals surface area contributed by atoms with Crippen molar-refractivity contribution < 1.29 is 34.7 Å². The van der Waals surface area contributed by atoms with Crippen molar-refractivity contribution in [2.75, 3.05) is 0 Å². The van der Waals surface area contributed by atoms with Gasteiger partial charge in [0, 0.05) is 18.9 Å². The monoisotopic (exact) mass is 133 g/mol. The summed E-state index contributed by atoms with van der Waals surface area (Å²) in [5.41, 5.74) is 0.838. The number of aryl methyl sites for hydroxylation is 1. The van der Waals surface area contributed by atoms with Crippen molar-refractivity contribution in [3.63, 3.8) is 0 Å². The summed E-state index contributed by atoms with van der Waals surface area (Å²) in [6, 6.07) is 3.69. The van der Waals surface area contributed by atoms with E-state index in [0.29, 0.717) is 0 Å². The minimum atomic E-state index is -0.122. The molecule has 2 nitrogen and oxygen atoms in total. The van der Waals surface area contributed by atoms with Crippen molar-refractivity contribution in [2.24, 2.45) is 7.05 Å². The first kappa shape index (κ1) is 9.24. The van der Waals surface area contributed by atoms with Crippen LogP contribution in [0.25, 0.3) is 0 Å². The maximum atomic E-state index is 10.2. The molecule has 0 fully saturated rings. The van der Waals surface area contributed by atoms with Gasteiger partial charge in [-0.25, -0.2) is 0 Å². The fourth-order valence-electron chi connectivity index (χ4n) is 0.646. The van der Waals surface area contributed by atoms with Crippen LogP contribution >= 0.6 is 0 Å². The molecule has 1 aromatic rings. The predicted molar refractivity (Wildman–Crippen MR) is 29.1 cm³/mol. The Balaban J connectivity index is 0.000000640. The second-order valence-corrected chi connectivity index (χ2v) is 1.75. The van der Waals surface area contributed by atoms with Gasteiger partial charge in [0.2, 0.25) is 0 Å². The molecule has 3 heteroatoms. The Morgan fingerprint density at radius 3 is 2.56 bits per heavy atom. The minimum Gasteiger partial charge on any atom is -0.850 e. The fraction of sp³-hybridized carbons (Fsp3) is 0.333. The van der Waals surface area contributed by atoms with Crippen molar-refractivity contribution in [3.8, 4) is 0 Å². The van der Waals surface area contributed by atoms with Crippen LogP contribution < -0.4 is 34.7 Å². The first-order chi connectivity index (χ1) is 3.84. The van der Waals surface area contributed by atoms with Gasteiger partial charge in [-0.2, -0.15) is 0 Å². The molecule has 0 saturated carbocycles. The van der Waals surface area contributed by atoms with E-state index in [1.165, 1.54) is 0 Å². The van der Waals surface area contributed by atoms with Crippen molar-refractivity contribution in [1.29, 1.82) is 0 Å². The van der Waals surface area contributed by atoms with Gasteiger partial charge in [0.05, 0.1) is 0 Å². The summed E-state index contributed by atoms with van der Waals surface area (Å²) < 4.78 is 1.83. The van der Waals surface area contributed by atoms with Crippen molar-refractivity contribution >= 4 is 0 Å². The summed E-state index contributed by atoms with van der Waals surface area (Å²) >= 11 is 0. The van der Waals surface area contributed by atoms with Gasteiger partial charge in [-0.15, -0.1) is 0 Å². The number of hydrogen-bond acceptors (Lipinski definition) is 1. The summed E-state index contributed by atoms with van der Waals surface area (Å²) in [5, 5.41) is 10.2. The molecule has 0 aliphatic rings. The standard InChI is InChI=1S/C6H8NO.Na/c1-7-4-2-3-6(7)5-8;/h2-4H,5H2,1H3;/q-1;+1. The molecule has 0 bridgehead atoms. The maximum Gasteiger partial charge on any atom is 1.00 e. The van der Waals surface area contributed by atoms with Gasteiger partial charge in [-0.3, -0.25) is 0 Å². The Hall–Kier alpha value is 0.240. The molecular weight excluding hydrogens is 125 g/mol. The molecule has 0 N–H and O–H groups in total. The average Bonchev–Trinajstić information content (AvgIpc) is 2.14. The quantitative estimate of drug-likeness (QED) is 0.373. The summed E-state index contributed by atoms with van der Waals surface area (Å²) in [6.45, 7) is -0.122. The Morgan fingerprint density at radius 1 is 1.67 bits per heavy atom. The molecule has 0 spiro atoms. The summed E-state index contributed by atoms with van der Waals surface area (Å²) in [6.07, 6.45) is 1.87. The van der Waals surface area contributed by atoms with Crippen LogP contribution in [0.15, 0.2) is 18.3 Å².